The number of benzene rings is 1. The van der Waals surface area contributed by atoms with Gasteiger partial charge in [-0.25, -0.2) is 13.6 Å². The molecule has 47 heavy (non-hydrogen) atoms. The lowest BCUT2D eigenvalue weighted by Gasteiger charge is -2.41. The molecule has 0 saturated carbocycles. The van der Waals surface area contributed by atoms with Crippen LogP contribution in [0, 0.1) is 17.6 Å². The maximum absolute atomic E-state index is 14.3. The van der Waals surface area contributed by atoms with E-state index in [1.807, 2.05) is 6.92 Å². The van der Waals surface area contributed by atoms with Gasteiger partial charge in [0.25, 0.3) is 11.8 Å². The van der Waals surface area contributed by atoms with Gasteiger partial charge in [0.2, 0.25) is 17.1 Å². The Balaban J connectivity index is 0.00000520. The molecule has 14 heteroatoms. The largest absolute Gasteiger partial charge is 0.514 e. The van der Waals surface area contributed by atoms with Gasteiger partial charge in [0.15, 0.2) is 11.3 Å². The predicted octanol–water partition coefficient (Wildman–Crippen LogP) is 5.33. The predicted molar refractivity (Wildman–Crippen MR) is 167 cm³/mol. The van der Waals surface area contributed by atoms with E-state index in [9.17, 15) is 28.0 Å². The smallest absolute Gasteiger partial charge is 0.482 e. The van der Waals surface area contributed by atoms with Crippen molar-refractivity contribution in [2.24, 2.45) is 11.1 Å². The van der Waals surface area contributed by atoms with Gasteiger partial charge in [0, 0.05) is 38.4 Å². The second-order valence-corrected chi connectivity index (χ2v) is 12.7. The van der Waals surface area contributed by atoms with Gasteiger partial charge >= 0.3 is 6.16 Å². The van der Waals surface area contributed by atoms with E-state index in [-0.39, 0.29) is 44.8 Å². The SMILES string of the molecule is COC1=NO[C@@]2(CC[C@H](C)N3C[C@H]2n2cc(C(=O)NCc4ccc(F)cc4F)c(=O)c(OC(=O)OCCCCCC(C)C)c2C3=O)C1.[HH]. The molecule has 1 aromatic carbocycles. The summed E-state index contributed by atoms with van der Waals surface area (Å²) in [5.41, 5.74) is -2.75. The molecule has 2 amide bonds. The van der Waals surface area contributed by atoms with E-state index in [0.29, 0.717) is 37.1 Å². The number of rotatable bonds is 10. The summed E-state index contributed by atoms with van der Waals surface area (Å²) < 4.78 is 45.2. The molecule has 1 aromatic heterocycles. The average molecular weight is 661 g/mol. The summed E-state index contributed by atoms with van der Waals surface area (Å²) in [6, 6.07) is 1.97. The number of aromatic nitrogens is 1. The zero-order valence-electron chi connectivity index (χ0n) is 27.0. The highest BCUT2D eigenvalue weighted by Gasteiger charge is 2.55. The summed E-state index contributed by atoms with van der Waals surface area (Å²) in [4.78, 5) is 61.8. The molecule has 1 fully saturated rings. The lowest BCUT2D eigenvalue weighted by molar-refractivity contribution is -0.0655. The van der Waals surface area contributed by atoms with Gasteiger partial charge in [-0.05, 0) is 38.2 Å². The van der Waals surface area contributed by atoms with Gasteiger partial charge in [-0.3, -0.25) is 14.4 Å². The molecule has 4 heterocycles. The van der Waals surface area contributed by atoms with Crippen molar-refractivity contribution in [3.63, 3.8) is 0 Å². The molecular weight excluding hydrogens is 618 g/mol. The van der Waals surface area contributed by atoms with Crippen molar-refractivity contribution in [3.8, 4) is 5.75 Å². The van der Waals surface area contributed by atoms with Gasteiger partial charge in [-0.1, -0.05) is 44.3 Å². The Morgan fingerprint density at radius 3 is 2.70 bits per heavy atom. The normalized spacial score (nSPS) is 21.6. The molecule has 0 unspecified atom stereocenters. The minimum atomic E-state index is -1.19. The first-order chi connectivity index (χ1) is 22.4. The Morgan fingerprint density at radius 1 is 1.21 bits per heavy atom. The van der Waals surface area contributed by atoms with Crippen molar-refractivity contribution in [1.82, 2.24) is 14.8 Å². The van der Waals surface area contributed by atoms with Crippen LogP contribution < -0.4 is 15.5 Å². The van der Waals surface area contributed by atoms with Gasteiger partial charge in [0.1, 0.15) is 17.2 Å². The number of methoxy groups -OCH3 is 1. The molecule has 2 aromatic rings. The number of pyridine rings is 1. The first-order valence-electron chi connectivity index (χ1n) is 15.9. The number of nitrogens with one attached hydrogen (secondary N) is 1. The lowest BCUT2D eigenvalue weighted by atomic mass is 9.85. The van der Waals surface area contributed by atoms with Gasteiger partial charge in [-0.2, -0.15) is 0 Å². The summed E-state index contributed by atoms with van der Waals surface area (Å²) in [6.45, 7) is 5.96. The molecular formula is C33H42F2N4O8. The summed E-state index contributed by atoms with van der Waals surface area (Å²) in [5, 5.41) is 6.57. The molecule has 0 radical (unpaired) electrons. The Bertz CT molecular complexity index is 1630. The summed E-state index contributed by atoms with van der Waals surface area (Å²) in [6.07, 6.45) is 4.71. The van der Waals surface area contributed by atoms with E-state index >= 15 is 0 Å². The van der Waals surface area contributed by atoms with Crippen molar-refractivity contribution >= 4 is 23.9 Å². The standard InChI is InChI=1S/C33H40F2N4O8.H2/c1-19(2)8-6-5-7-13-45-32(43)46-29-27-31(42)38-18-25(33(12-11-20(38)3)15-26(44-4)37-47-33)39(27)17-23(28(29)40)30(41)36-16-21-9-10-22(34)14-24(21)35;/h9-10,14,17,19-20,25H,5-8,11-13,15-16,18H2,1-4H3,(H,36,41);1H/t20-,25+,33-;/m0./s1. The van der Waals surface area contributed by atoms with Crippen molar-refractivity contribution in [2.45, 2.75) is 89.9 Å². The van der Waals surface area contributed by atoms with Crippen molar-refractivity contribution in [3.05, 3.63) is 63.1 Å². The Kier molecular flexibility index (Phi) is 10.2. The first-order valence-corrected chi connectivity index (χ1v) is 15.9. The van der Waals surface area contributed by atoms with E-state index in [2.05, 4.69) is 24.3 Å². The molecule has 3 aliphatic heterocycles. The Morgan fingerprint density at radius 2 is 2.00 bits per heavy atom. The van der Waals surface area contributed by atoms with Crippen molar-refractivity contribution < 1.29 is 43.6 Å². The molecule has 3 atom stereocenters. The average Bonchev–Trinajstić information content (AvgIpc) is 3.41. The van der Waals surface area contributed by atoms with E-state index in [1.165, 1.54) is 23.9 Å². The summed E-state index contributed by atoms with van der Waals surface area (Å²) >= 11 is 0. The zero-order chi connectivity index (χ0) is 33.9. The van der Waals surface area contributed by atoms with Crippen LogP contribution in [0.3, 0.4) is 0 Å². The van der Waals surface area contributed by atoms with Crippen molar-refractivity contribution in [1.29, 1.82) is 0 Å². The quantitative estimate of drug-likeness (QED) is 0.267. The van der Waals surface area contributed by atoms with Crippen LogP contribution in [0.15, 0.2) is 34.3 Å². The molecule has 1 saturated heterocycles. The number of nitrogens with zero attached hydrogens (tertiary/aromatic N) is 3. The number of ether oxygens (including phenoxy) is 3. The number of hydrogen-bond acceptors (Lipinski definition) is 9. The highest BCUT2D eigenvalue weighted by molar-refractivity contribution is 6.00. The summed E-state index contributed by atoms with van der Waals surface area (Å²) in [5.74, 6) is -2.91. The number of unbranched alkanes of at least 4 members (excludes halogenated alkanes) is 2. The number of oxime groups is 1. The maximum Gasteiger partial charge on any atom is 0.514 e. The number of carbonyl (C=O) groups is 3. The van der Waals surface area contributed by atoms with Crippen LogP contribution in [0.1, 0.15) is 99.6 Å². The van der Waals surface area contributed by atoms with Crippen LogP contribution >= 0.6 is 0 Å². The highest BCUT2D eigenvalue weighted by Crippen LogP contribution is 2.46. The monoisotopic (exact) mass is 660 g/mol. The van der Waals surface area contributed by atoms with Crippen LogP contribution in [0.4, 0.5) is 13.6 Å². The minimum Gasteiger partial charge on any atom is -0.482 e. The molecule has 2 bridgehead atoms. The molecule has 12 nitrogen and oxygen atoms in total. The van der Waals surface area contributed by atoms with Crippen LogP contribution in [0.2, 0.25) is 0 Å². The second kappa shape index (κ2) is 14.1. The van der Waals surface area contributed by atoms with E-state index in [4.69, 9.17) is 19.0 Å². The second-order valence-electron chi connectivity index (χ2n) is 12.7. The lowest BCUT2D eigenvalue weighted by Crippen LogP contribution is -2.52. The number of carbonyl (C=O) groups excluding carboxylic acids is 3. The van der Waals surface area contributed by atoms with Crippen molar-refractivity contribution in [2.75, 3.05) is 20.3 Å². The van der Waals surface area contributed by atoms with E-state index in [1.54, 1.807) is 4.90 Å². The topological polar surface area (TPSA) is 138 Å². The zero-order valence-corrected chi connectivity index (χ0v) is 27.0. The maximum atomic E-state index is 14.3. The molecule has 3 aliphatic rings. The van der Waals surface area contributed by atoms with E-state index in [0.717, 1.165) is 25.3 Å². The number of fused-ring (bicyclic) bond motifs is 5. The Labute approximate surface area is 272 Å². The molecule has 0 aliphatic carbocycles. The molecule has 1 N–H and O–H groups in total. The molecule has 256 valence electrons. The minimum absolute atomic E-state index is 0. The van der Waals surface area contributed by atoms with Crippen LogP contribution in [0.25, 0.3) is 0 Å². The van der Waals surface area contributed by atoms with Gasteiger partial charge < -0.3 is 33.8 Å². The Hall–Kier alpha value is -4.49. The number of amides is 2. The molecule has 1 spiro atoms. The fourth-order valence-corrected chi connectivity index (χ4v) is 6.31. The number of halogens is 2. The third kappa shape index (κ3) is 7.10. The third-order valence-electron chi connectivity index (χ3n) is 9.03. The number of hydrogen-bond donors (Lipinski definition) is 1. The van der Waals surface area contributed by atoms with Crippen LogP contribution in [-0.4, -0.2) is 65.2 Å². The van der Waals surface area contributed by atoms with Crippen LogP contribution in [-0.2, 0) is 20.9 Å². The highest BCUT2D eigenvalue weighted by atomic mass is 19.1. The molecule has 5 rings (SSSR count). The summed E-state index contributed by atoms with van der Waals surface area (Å²) in [7, 11) is 1.47. The van der Waals surface area contributed by atoms with Gasteiger partial charge in [0.05, 0.1) is 26.2 Å². The fraction of sp³-hybridized carbons (Fsp3) is 0.545. The van der Waals surface area contributed by atoms with E-state index < -0.39 is 58.0 Å². The van der Waals surface area contributed by atoms with Crippen LogP contribution in [0.5, 0.6) is 5.75 Å². The van der Waals surface area contributed by atoms with Gasteiger partial charge in [-0.15, -0.1) is 0 Å². The third-order valence-corrected chi connectivity index (χ3v) is 9.03. The fourth-order valence-electron chi connectivity index (χ4n) is 6.31. The first kappa shape index (κ1) is 33.9.